The zero-order valence-electron chi connectivity index (χ0n) is 18.9. The summed E-state index contributed by atoms with van der Waals surface area (Å²) in [6, 6.07) is 5.15. The van der Waals surface area contributed by atoms with Crippen LogP contribution in [-0.2, 0) is 9.59 Å². The minimum atomic E-state index is -0.933. The zero-order valence-corrected chi connectivity index (χ0v) is 21.2. The number of hydrogen-bond donors (Lipinski definition) is 1. The van der Waals surface area contributed by atoms with Crippen LogP contribution in [-0.4, -0.2) is 45.8 Å². The van der Waals surface area contributed by atoms with E-state index in [1.807, 2.05) is 6.92 Å². The lowest BCUT2D eigenvalue weighted by Crippen LogP contribution is -2.54. The highest BCUT2D eigenvalue weighted by Gasteiger charge is 2.38. The van der Waals surface area contributed by atoms with E-state index in [4.69, 9.17) is 30.5 Å². The van der Waals surface area contributed by atoms with Crippen LogP contribution in [0.25, 0.3) is 6.08 Å². The number of urea groups is 1. The fourth-order valence-electron chi connectivity index (χ4n) is 3.23. The molecule has 0 saturated carbocycles. The van der Waals surface area contributed by atoms with Crippen molar-refractivity contribution >= 4 is 57.1 Å². The van der Waals surface area contributed by atoms with E-state index in [1.165, 1.54) is 39.5 Å². The van der Waals surface area contributed by atoms with Crippen molar-refractivity contribution in [3.8, 4) is 23.0 Å². The molecule has 0 bridgehead atoms. The van der Waals surface area contributed by atoms with Crippen molar-refractivity contribution < 1.29 is 33.3 Å². The molecule has 4 amide bonds. The number of methoxy groups -OCH3 is 3. The number of barbiturate groups is 1. The van der Waals surface area contributed by atoms with Gasteiger partial charge in [0.05, 0.1) is 43.1 Å². The van der Waals surface area contributed by atoms with Crippen molar-refractivity contribution in [2.45, 2.75) is 13.3 Å². The van der Waals surface area contributed by atoms with E-state index in [2.05, 4.69) is 21.2 Å². The summed E-state index contributed by atoms with van der Waals surface area (Å²) in [6.07, 6.45) is 2.16. The maximum Gasteiger partial charge on any atom is 0.336 e. The Morgan fingerprint density at radius 3 is 2.29 bits per heavy atom. The lowest BCUT2D eigenvalue weighted by Gasteiger charge is -2.28. The standard InChI is InChI=1S/C23H22BrClN2O7/c1-5-6-34-20-14(24)8-12(9-19(20)33-4)7-13-21(28)26-23(30)27(22(13)29)16-11-17(31-2)15(25)10-18(16)32-3/h7-11H,5-6H2,1-4H3,(H,26,28,30)/b13-7+. The summed E-state index contributed by atoms with van der Waals surface area (Å²) in [5, 5.41) is 2.40. The molecule has 1 fully saturated rings. The summed E-state index contributed by atoms with van der Waals surface area (Å²) >= 11 is 9.57. The average molecular weight is 554 g/mol. The molecule has 3 rings (SSSR count). The lowest BCUT2D eigenvalue weighted by molar-refractivity contribution is -0.122. The molecule has 34 heavy (non-hydrogen) atoms. The molecule has 180 valence electrons. The highest BCUT2D eigenvalue weighted by molar-refractivity contribution is 9.10. The molecule has 2 aromatic carbocycles. The fourth-order valence-corrected chi connectivity index (χ4v) is 4.03. The number of nitrogens with zero attached hydrogens (tertiary/aromatic N) is 1. The van der Waals surface area contributed by atoms with Crippen molar-refractivity contribution in [3.05, 3.63) is 44.9 Å². The minimum absolute atomic E-state index is 0.0618. The van der Waals surface area contributed by atoms with Gasteiger partial charge in [0.1, 0.15) is 17.1 Å². The minimum Gasteiger partial charge on any atom is -0.495 e. The summed E-state index contributed by atoms with van der Waals surface area (Å²) < 4.78 is 22.2. The number of ether oxygens (including phenoxy) is 4. The van der Waals surface area contributed by atoms with Gasteiger partial charge < -0.3 is 18.9 Å². The molecular formula is C23H22BrClN2O7. The van der Waals surface area contributed by atoms with E-state index in [-0.39, 0.29) is 27.8 Å². The first-order chi connectivity index (χ1) is 16.2. The smallest absolute Gasteiger partial charge is 0.336 e. The van der Waals surface area contributed by atoms with Gasteiger partial charge in [-0.1, -0.05) is 18.5 Å². The van der Waals surface area contributed by atoms with Gasteiger partial charge in [-0.2, -0.15) is 0 Å². The molecule has 0 atom stereocenters. The first-order valence-corrected chi connectivity index (χ1v) is 11.3. The number of anilines is 1. The highest BCUT2D eigenvalue weighted by Crippen LogP contribution is 2.40. The van der Waals surface area contributed by atoms with Crippen molar-refractivity contribution in [2.75, 3.05) is 32.8 Å². The molecule has 1 saturated heterocycles. The quantitative estimate of drug-likeness (QED) is 0.377. The number of amides is 4. The Morgan fingerprint density at radius 2 is 1.68 bits per heavy atom. The van der Waals surface area contributed by atoms with Crippen LogP contribution >= 0.6 is 27.5 Å². The summed E-state index contributed by atoms with van der Waals surface area (Å²) in [6.45, 7) is 2.46. The van der Waals surface area contributed by atoms with Crippen LogP contribution in [0, 0.1) is 0 Å². The Hall–Kier alpha value is -3.24. The van der Waals surface area contributed by atoms with Gasteiger partial charge >= 0.3 is 6.03 Å². The lowest BCUT2D eigenvalue weighted by atomic mass is 10.1. The van der Waals surface area contributed by atoms with Gasteiger partial charge in [-0.05, 0) is 46.1 Å². The van der Waals surface area contributed by atoms with Crippen LogP contribution in [0.4, 0.5) is 10.5 Å². The largest absolute Gasteiger partial charge is 0.495 e. The van der Waals surface area contributed by atoms with E-state index in [0.717, 1.165) is 11.3 Å². The van der Waals surface area contributed by atoms with Crippen LogP contribution in [0.5, 0.6) is 23.0 Å². The Morgan fingerprint density at radius 1 is 1.00 bits per heavy atom. The topological polar surface area (TPSA) is 103 Å². The van der Waals surface area contributed by atoms with Crippen molar-refractivity contribution in [1.29, 1.82) is 0 Å². The SMILES string of the molecule is CCCOc1c(Br)cc(/C=C2\C(=O)NC(=O)N(c3cc(OC)c(Cl)cc3OC)C2=O)cc1OC. The molecular weight excluding hydrogens is 532 g/mol. The Bertz CT molecular complexity index is 1180. The van der Waals surface area contributed by atoms with Crippen molar-refractivity contribution in [2.24, 2.45) is 0 Å². The van der Waals surface area contributed by atoms with E-state index < -0.39 is 17.8 Å². The second-order valence-electron chi connectivity index (χ2n) is 7.00. The summed E-state index contributed by atoms with van der Waals surface area (Å²) in [5.41, 5.74) is 0.263. The molecule has 1 N–H and O–H groups in total. The van der Waals surface area contributed by atoms with Crippen molar-refractivity contribution in [3.63, 3.8) is 0 Å². The maximum atomic E-state index is 13.3. The summed E-state index contributed by atoms with van der Waals surface area (Å²) in [7, 11) is 4.24. The number of nitrogens with one attached hydrogen (secondary N) is 1. The Balaban J connectivity index is 2.08. The second kappa shape index (κ2) is 10.8. The van der Waals surface area contributed by atoms with Gasteiger partial charge in [0.25, 0.3) is 11.8 Å². The van der Waals surface area contributed by atoms with E-state index in [9.17, 15) is 14.4 Å². The number of carbonyl (C=O) groups is 3. The molecule has 0 spiro atoms. The number of rotatable bonds is 8. The molecule has 1 heterocycles. The van der Waals surface area contributed by atoms with Gasteiger partial charge in [-0.3, -0.25) is 14.9 Å². The van der Waals surface area contributed by atoms with E-state index in [0.29, 0.717) is 28.1 Å². The van der Waals surface area contributed by atoms with Crippen LogP contribution in [0.15, 0.2) is 34.3 Å². The van der Waals surface area contributed by atoms with Gasteiger partial charge in [0.15, 0.2) is 11.5 Å². The number of hydrogen-bond acceptors (Lipinski definition) is 7. The first kappa shape index (κ1) is 25.4. The normalized spacial score (nSPS) is 14.8. The summed E-state index contributed by atoms with van der Waals surface area (Å²) in [4.78, 5) is 39.3. The third-order valence-corrected chi connectivity index (χ3v) is 5.69. The van der Waals surface area contributed by atoms with Crippen LogP contribution in [0.3, 0.4) is 0 Å². The molecule has 9 nitrogen and oxygen atoms in total. The van der Waals surface area contributed by atoms with Crippen LogP contribution in [0.2, 0.25) is 5.02 Å². The third kappa shape index (κ3) is 4.97. The first-order valence-electron chi connectivity index (χ1n) is 10.1. The number of imide groups is 2. The maximum absolute atomic E-state index is 13.3. The zero-order chi connectivity index (χ0) is 25.0. The Kier molecular flexibility index (Phi) is 8.06. The van der Waals surface area contributed by atoms with Gasteiger partial charge in [-0.15, -0.1) is 0 Å². The molecule has 1 aliphatic heterocycles. The van der Waals surface area contributed by atoms with Crippen LogP contribution < -0.4 is 29.2 Å². The second-order valence-corrected chi connectivity index (χ2v) is 8.26. The Labute approximate surface area is 209 Å². The molecule has 11 heteroatoms. The predicted octanol–water partition coefficient (Wildman–Crippen LogP) is 4.58. The van der Waals surface area contributed by atoms with Crippen LogP contribution in [0.1, 0.15) is 18.9 Å². The van der Waals surface area contributed by atoms with E-state index >= 15 is 0 Å². The number of halogens is 2. The molecule has 0 unspecified atom stereocenters. The van der Waals surface area contributed by atoms with E-state index in [1.54, 1.807) is 12.1 Å². The molecule has 0 radical (unpaired) electrons. The monoisotopic (exact) mass is 552 g/mol. The molecule has 2 aromatic rings. The fraction of sp³-hybridized carbons (Fsp3) is 0.261. The molecule has 1 aliphatic rings. The van der Waals surface area contributed by atoms with Gasteiger partial charge in [0.2, 0.25) is 0 Å². The number of carbonyl (C=O) groups excluding carboxylic acids is 3. The predicted molar refractivity (Wildman–Crippen MR) is 130 cm³/mol. The molecule has 0 aliphatic carbocycles. The van der Waals surface area contributed by atoms with Gasteiger partial charge in [0, 0.05) is 12.1 Å². The average Bonchev–Trinajstić information content (AvgIpc) is 2.81. The van der Waals surface area contributed by atoms with Crippen molar-refractivity contribution in [1.82, 2.24) is 5.32 Å². The number of benzene rings is 2. The summed E-state index contributed by atoms with van der Waals surface area (Å²) in [5.74, 6) is -0.414. The highest BCUT2D eigenvalue weighted by atomic mass is 79.9. The van der Waals surface area contributed by atoms with Gasteiger partial charge in [-0.25, -0.2) is 9.69 Å². The third-order valence-electron chi connectivity index (χ3n) is 4.81. The molecule has 0 aromatic heterocycles.